The minimum Gasteiger partial charge on any atom is -0.478 e. The molecule has 1 aromatic rings. The van der Waals surface area contributed by atoms with Crippen molar-refractivity contribution in [2.45, 2.75) is 19.3 Å². The predicted molar refractivity (Wildman–Crippen MR) is 69.7 cm³/mol. The van der Waals surface area contributed by atoms with Gasteiger partial charge in [0.1, 0.15) is 0 Å². The van der Waals surface area contributed by atoms with Crippen molar-refractivity contribution in [3.63, 3.8) is 0 Å². The van der Waals surface area contributed by atoms with Gasteiger partial charge < -0.3 is 15.7 Å². The number of carboxylic acids is 1. The molecule has 0 saturated carbocycles. The van der Waals surface area contributed by atoms with Crippen LogP contribution in [-0.2, 0) is 4.79 Å². The molecule has 0 spiro atoms. The van der Waals surface area contributed by atoms with Gasteiger partial charge in [-0.3, -0.25) is 4.79 Å². The fourth-order valence-corrected chi connectivity index (χ4v) is 1.67. The molecule has 0 bridgehead atoms. The topological polar surface area (TPSA) is 83.6 Å². The summed E-state index contributed by atoms with van der Waals surface area (Å²) >= 11 is 0. The van der Waals surface area contributed by atoms with E-state index in [1.807, 2.05) is 0 Å². The normalized spacial score (nSPS) is 10.1. The largest absolute Gasteiger partial charge is 0.478 e. The van der Waals surface area contributed by atoms with Crippen LogP contribution in [0.25, 0.3) is 0 Å². The minimum atomic E-state index is -1.03. The third kappa shape index (κ3) is 3.56. The van der Waals surface area contributed by atoms with Crippen LogP contribution in [0.3, 0.4) is 0 Å². The van der Waals surface area contributed by atoms with Gasteiger partial charge in [-0.25, -0.2) is 4.79 Å². The second-order valence-electron chi connectivity index (χ2n) is 4.02. The smallest absolute Gasteiger partial charge is 0.337 e. The molecule has 0 heterocycles. The fourth-order valence-electron chi connectivity index (χ4n) is 1.67. The maximum absolute atomic E-state index is 11.9. The molecule has 18 heavy (non-hydrogen) atoms. The van der Waals surface area contributed by atoms with Gasteiger partial charge in [0, 0.05) is 13.5 Å². The standard InChI is InChI=1S/C13H18N2O3/c1-15(12(16)8-4-5-9-14)11-7-3-2-6-10(11)13(17)18/h2-3,6-7H,4-5,8-9,14H2,1H3,(H,17,18). The Morgan fingerprint density at radius 3 is 2.56 bits per heavy atom. The van der Waals surface area contributed by atoms with Gasteiger partial charge >= 0.3 is 5.97 Å². The van der Waals surface area contributed by atoms with Crippen molar-refractivity contribution in [3.05, 3.63) is 29.8 Å². The number of anilines is 1. The Kier molecular flexibility index (Phi) is 5.32. The Morgan fingerprint density at radius 1 is 1.28 bits per heavy atom. The first-order valence-electron chi connectivity index (χ1n) is 5.87. The summed E-state index contributed by atoms with van der Waals surface area (Å²) in [6, 6.07) is 6.47. The first-order chi connectivity index (χ1) is 8.57. The highest BCUT2D eigenvalue weighted by Gasteiger charge is 2.17. The summed E-state index contributed by atoms with van der Waals surface area (Å²) in [5.41, 5.74) is 5.91. The molecule has 0 saturated heterocycles. The van der Waals surface area contributed by atoms with Crippen molar-refractivity contribution >= 4 is 17.6 Å². The number of rotatable bonds is 6. The monoisotopic (exact) mass is 250 g/mol. The highest BCUT2D eigenvalue weighted by atomic mass is 16.4. The molecule has 5 heteroatoms. The van der Waals surface area contributed by atoms with E-state index in [1.165, 1.54) is 11.0 Å². The number of para-hydroxylation sites is 1. The number of hydrogen-bond donors (Lipinski definition) is 2. The molecule has 1 aromatic carbocycles. The van der Waals surface area contributed by atoms with E-state index < -0.39 is 5.97 Å². The maximum atomic E-state index is 11.9. The molecular formula is C13H18N2O3. The van der Waals surface area contributed by atoms with Gasteiger partial charge in [-0.05, 0) is 31.5 Å². The molecular weight excluding hydrogens is 232 g/mol. The number of carboxylic acid groups (broad SMARTS) is 1. The van der Waals surface area contributed by atoms with Gasteiger partial charge in [0.15, 0.2) is 0 Å². The number of carbonyl (C=O) groups excluding carboxylic acids is 1. The molecule has 0 aromatic heterocycles. The number of nitrogens with zero attached hydrogens (tertiary/aromatic N) is 1. The van der Waals surface area contributed by atoms with Crippen molar-refractivity contribution < 1.29 is 14.7 Å². The van der Waals surface area contributed by atoms with E-state index in [0.717, 1.165) is 12.8 Å². The summed E-state index contributed by atoms with van der Waals surface area (Å²) < 4.78 is 0. The molecule has 3 N–H and O–H groups in total. The Morgan fingerprint density at radius 2 is 1.94 bits per heavy atom. The van der Waals surface area contributed by atoms with Crippen molar-refractivity contribution in [1.29, 1.82) is 0 Å². The van der Waals surface area contributed by atoms with E-state index in [1.54, 1.807) is 25.2 Å². The Balaban J connectivity index is 2.80. The summed E-state index contributed by atoms with van der Waals surface area (Å²) in [5, 5.41) is 9.06. The fraction of sp³-hybridized carbons (Fsp3) is 0.385. The predicted octanol–water partition coefficient (Wildman–Crippen LogP) is 1.48. The number of benzene rings is 1. The molecule has 0 atom stereocenters. The van der Waals surface area contributed by atoms with E-state index in [0.29, 0.717) is 18.7 Å². The summed E-state index contributed by atoms with van der Waals surface area (Å²) in [4.78, 5) is 24.3. The van der Waals surface area contributed by atoms with Crippen molar-refractivity contribution in [2.75, 3.05) is 18.5 Å². The Labute approximate surface area is 106 Å². The van der Waals surface area contributed by atoms with Crippen LogP contribution in [0.15, 0.2) is 24.3 Å². The SMILES string of the molecule is CN(C(=O)CCCCN)c1ccccc1C(=O)O. The number of nitrogens with two attached hydrogens (primary N) is 1. The summed E-state index contributed by atoms with van der Waals surface area (Å²) in [7, 11) is 1.59. The molecule has 0 aliphatic rings. The van der Waals surface area contributed by atoms with Crippen LogP contribution in [0, 0.1) is 0 Å². The first-order valence-corrected chi connectivity index (χ1v) is 5.87. The summed E-state index contributed by atoms with van der Waals surface area (Å²) in [6.07, 6.45) is 1.89. The number of carbonyl (C=O) groups is 2. The zero-order valence-corrected chi connectivity index (χ0v) is 10.4. The third-order valence-corrected chi connectivity index (χ3v) is 2.71. The number of hydrogen-bond acceptors (Lipinski definition) is 3. The average molecular weight is 250 g/mol. The second-order valence-corrected chi connectivity index (χ2v) is 4.02. The van der Waals surface area contributed by atoms with Gasteiger partial charge in [-0.15, -0.1) is 0 Å². The van der Waals surface area contributed by atoms with Crippen LogP contribution in [0.4, 0.5) is 5.69 Å². The zero-order valence-electron chi connectivity index (χ0n) is 10.4. The lowest BCUT2D eigenvalue weighted by molar-refractivity contribution is -0.118. The average Bonchev–Trinajstić information content (AvgIpc) is 2.38. The van der Waals surface area contributed by atoms with Gasteiger partial charge in [-0.2, -0.15) is 0 Å². The molecule has 1 amide bonds. The molecule has 0 fully saturated rings. The third-order valence-electron chi connectivity index (χ3n) is 2.71. The van der Waals surface area contributed by atoms with E-state index in [9.17, 15) is 9.59 Å². The number of aromatic carboxylic acids is 1. The van der Waals surface area contributed by atoms with Crippen LogP contribution in [-0.4, -0.2) is 30.6 Å². The van der Waals surface area contributed by atoms with E-state index >= 15 is 0 Å². The quantitative estimate of drug-likeness (QED) is 0.749. The molecule has 5 nitrogen and oxygen atoms in total. The van der Waals surface area contributed by atoms with Gasteiger partial charge in [-0.1, -0.05) is 12.1 Å². The van der Waals surface area contributed by atoms with Crippen molar-refractivity contribution in [3.8, 4) is 0 Å². The number of amides is 1. The van der Waals surface area contributed by atoms with Gasteiger partial charge in [0.05, 0.1) is 11.3 Å². The molecule has 0 aliphatic carbocycles. The van der Waals surface area contributed by atoms with Crippen molar-refractivity contribution in [1.82, 2.24) is 0 Å². The highest BCUT2D eigenvalue weighted by Crippen LogP contribution is 2.20. The Hall–Kier alpha value is -1.88. The summed E-state index contributed by atoms with van der Waals surface area (Å²) in [6.45, 7) is 0.558. The highest BCUT2D eigenvalue weighted by molar-refractivity contribution is 6.01. The van der Waals surface area contributed by atoms with Crippen LogP contribution in [0.5, 0.6) is 0 Å². The molecule has 1 rings (SSSR count). The molecule has 98 valence electrons. The van der Waals surface area contributed by atoms with E-state index in [2.05, 4.69) is 0 Å². The first kappa shape index (κ1) is 14.2. The maximum Gasteiger partial charge on any atom is 0.337 e. The Bertz CT molecular complexity index is 432. The molecule has 0 unspecified atom stereocenters. The minimum absolute atomic E-state index is 0.0999. The molecule has 0 aliphatic heterocycles. The van der Waals surface area contributed by atoms with Crippen molar-refractivity contribution in [2.24, 2.45) is 5.73 Å². The second kappa shape index (κ2) is 6.76. The van der Waals surface area contributed by atoms with Crippen LogP contribution in [0.2, 0.25) is 0 Å². The van der Waals surface area contributed by atoms with Crippen LogP contribution in [0.1, 0.15) is 29.6 Å². The summed E-state index contributed by atoms with van der Waals surface area (Å²) in [5.74, 6) is -1.13. The molecule has 0 radical (unpaired) electrons. The van der Waals surface area contributed by atoms with E-state index in [4.69, 9.17) is 10.8 Å². The lowest BCUT2D eigenvalue weighted by atomic mass is 10.1. The van der Waals surface area contributed by atoms with E-state index in [-0.39, 0.29) is 11.5 Å². The van der Waals surface area contributed by atoms with Crippen LogP contribution < -0.4 is 10.6 Å². The zero-order chi connectivity index (χ0) is 13.5. The lowest BCUT2D eigenvalue weighted by Gasteiger charge is -2.19. The van der Waals surface area contributed by atoms with Crippen LogP contribution >= 0.6 is 0 Å². The van der Waals surface area contributed by atoms with Gasteiger partial charge in [0.25, 0.3) is 0 Å². The number of unbranched alkanes of at least 4 members (excludes halogenated alkanes) is 1. The lowest BCUT2D eigenvalue weighted by Crippen LogP contribution is -2.27. The van der Waals surface area contributed by atoms with Gasteiger partial charge in [0.2, 0.25) is 5.91 Å².